The number of amides is 2. The van der Waals surface area contributed by atoms with Crippen LogP contribution in [0.4, 0.5) is 14.5 Å². The van der Waals surface area contributed by atoms with E-state index in [2.05, 4.69) is 25.8 Å². The number of nitrogens with one attached hydrogen (secondary N) is 2. The van der Waals surface area contributed by atoms with Gasteiger partial charge in [-0.3, -0.25) is 14.0 Å². The normalized spacial score (nSPS) is 16.5. The maximum atomic E-state index is 13.0. The largest absolute Gasteiger partial charge is 0.347 e. The highest BCUT2D eigenvalue weighted by atomic mass is 19.3. The third-order valence-electron chi connectivity index (χ3n) is 5.42. The highest BCUT2D eigenvalue weighted by molar-refractivity contribution is 6.04. The van der Waals surface area contributed by atoms with Crippen molar-refractivity contribution in [1.82, 2.24) is 24.8 Å². The Labute approximate surface area is 185 Å². The van der Waals surface area contributed by atoms with E-state index in [1.165, 1.54) is 6.20 Å². The summed E-state index contributed by atoms with van der Waals surface area (Å²) in [5, 5.41) is 9.13. The number of nitrogens with zero attached hydrogens (tertiary/aromatic N) is 4. The lowest BCUT2D eigenvalue weighted by Crippen LogP contribution is -2.26. The Bertz CT molecular complexity index is 1380. The first kappa shape index (κ1) is 20.7. The van der Waals surface area contributed by atoms with Crippen molar-refractivity contribution in [2.24, 2.45) is 5.92 Å². The third kappa shape index (κ3) is 4.04. The van der Waals surface area contributed by atoms with E-state index >= 15 is 0 Å². The molecule has 2 N–H and O–H groups in total. The van der Waals surface area contributed by atoms with Crippen molar-refractivity contribution in [3.05, 3.63) is 65.9 Å². The van der Waals surface area contributed by atoms with E-state index in [1.807, 2.05) is 19.1 Å². The zero-order valence-electron chi connectivity index (χ0n) is 17.4. The van der Waals surface area contributed by atoms with Crippen LogP contribution in [-0.2, 0) is 11.3 Å². The number of alkyl halides is 2. The summed E-state index contributed by atoms with van der Waals surface area (Å²) in [6.45, 7) is 1.70. The predicted molar refractivity (Wildman–Crippen MR) is 113 cm³/mol. The van der Waals surface area contributed by atoms with Gasteiger partial charge in [-0.1, -0.05) is 23.4 Å². The van der Waals surface area contributed by atoms with Gasteiger partial charge in [-0.25, -0.2) is 13.8 Å². The Hall–Kier alpha value is -4.15. The van der Waals surface area contributed by atoms with Crippen molar-refractivity contribution >= 4 is 23.1 Å². The molecule has 1 aliphatic carbocycles. The van der Waals surface area contributed by atoms with Crippen LogP contribution in [0.15, 0.2) is 53.3 Å². The number of anilines is 1. The Morgan fingerprint density at radius 1 is 1.27 bits per heavy atom. The zero-order chi connectivity index (χ0) is 23.2. The van der Waals surface area contributed by atoms with Crippen LogP contribution < -0.4 is 10.6 Å². The standard InChI is InChI=1S/C22H18F2N6O3/c1-12-5-6-13(19-28-18(33-29-19)11-26-20(31)14-9-22(14,23)24)8-15(12)27-21(32)16-10-25-17-4-2-3-7-30(16)17/h2-8,10,14H,9,11H2,1H3,(H,26,31)(H,27,32). The van der Waals surface area contributed by atoms with Crippen molar-refractivity contribution in [1.29, 1.82) is 0 Å². The van der Waals surface area contributed by atoms with E-state index in [4.69, 9.17) is 4.52 Å². The fraction of sp³-hybridized carbons (Fsp3) is 0.227. The summed E-state index contributed by atoms with van der Waals surface area (Å²) in [5.74, 6) is -4.98. The minimum absolute atomic E-state index is 0.0826. The van der Waals surface area contributed by atoms with Crippen LogP contribution in [0, 0.1) is 12.8 Å². The Kier molecular flexibility index (Phi) is 4.88. The number of fused-ring (bicyclic) bond motifs is 1. The van der Waals surface area contributed by atoms with Crippen LogP contribution >= 0.6 is 0 Å². The molecule has 1 aliphatic rings. The molecule has 1 saturated carbocycles. The highest BCUT2D eigenvalue weighted by Gasteiger charge is 2.61. The van der Waals surface area contributed by atoms with E-state index in [0.717, 1.165) is 5.56 Å². The van der Waals surface area contributed by atoms with Crippen molar-refractivity contribution in [2.45, 2.75) is 25.8 Å². The quantitative estimate of drug-likeness (QED) is 0.464. The molecule has 0 radical (unpaired) electrons. The number of pyridine rings is 1. The maximum Gasteiger partial charge on any atom is 0.274 e. The van der Waals surface area contributed by atoms with Gasteiger partial charge in [0, 0.05) is 23.9 Å². The Morgan fingerprint density at radius 2 is 2.09 bits per heavy atom. The number of aryl methyl sites for hydroxylation is 1. The Balaban J connectivity index is 1.30. The first-order chi connectivity index (χ1) is 15.8. The monoisotopic (exact) mass is 452 g/mol. The number of imidazole rings is 1. The average Bonchev–Trinajstić information content (AvgIpc) is 3.16. The predicted octanol–water partition coefficient (Wildman–Crippen LogP) is 3.22. The summed E-state index contributed by atoms with van der Waals surface area (Å²) < 4.78 is 32.8. The fourth-order valence-corrected chi connectivity index (χ4v) is 3.41. The molecule has 1 aromatic carbocycles. The third-order valence-corrected chi connectivity index (χ3v) is 5.42. The summed E-state index contributed by atoms with van der Waals surface area (Å²) >= 11 is 0. The summed E-state index contributed by atoms with van der Waals surface area (Å²) in [7, 11) is 0. The number of carbonyl (C=O) groups excluding carboxylic acids is 2. The van der Waals surface area contributed by atoms with E-state index in [9.17, 15) is 18.4 Å². The van der Waals surface area contributed by atoms with Crippen LogP contribution in [0.25, 0.3) is 17.0 Å². The van der Waals surface area contributed by atoms with E-state index in [0.29, 0.717) is 22.6 Å². The maximum absolute atomic E-state index is 13.0. The van der Waals surface area contributed by atoms with Crippen molar-refractivity contribution in [3.8, 4) is 11.4 Å². The first-order valence-electron chi connectivity index (χ1n) is 10.1. The lowest BCUT2D eigenvalue weighted by atomic mass is 10.1. The van der Waals surface area contributed by atoms with Crippen molar-refractivity contribution in [3.63, 3.8) is 0 Å². The van der Waals surface area contributed by atoms with Gasteiger partial charge in [0.1, 0.15) is 17.3 Å². The molecule has 168 valence electrons. The number of aromatic nitrogens is 4. The lowest BCUT2D eigenvalue weighted by molar-refractivity contribution is -0.124. The van der Waals surface area contributed by atoms with Crippen molar-refractivity contribution < 1.29 is 22.9 Å². The van der Waals surface area contributed by atoms with Gasteiger partial charge in [-0.05, 0) is 30.7 Å². The summed E-state index contributed by atoms with van der Waals surface area (Å²) in [5.41, 5.74) is 2.99. The van der Waals surface area contributed by atoms with Gasteiger partial charge in [0.25, 0.3) is 11.8 Å². The summed E-state index contributed by atoms with van der Waals surface area (Å²) in [6.07, 6.45) is 2.81. The summed E-state index contributed by atoms with van der Waals surface area (Å²) in [6, 6.07) is 10.7. The van der Waals surface area contributed by atoms with Gasteiger partial charge in [-0.15, -0.1) is 0 Å². The fourth-order valence-electron chi connectivity index (χ4n) is 3.41. The minimum Gasteiger partial charge on any atom is -0.347 e. The first-order valence-corrected chi connectivity index (χ1v) is 10.1. The lowest BCUT2D eigenvalue weighted by Gasteiger charge is -2.09. The number of halogens is 2. The molecular weight excluding hydrogens is 434 g/mol. The molecule has 1 atom stereocenters. The average molecular weight is 452 g/mol. The number of hydrogen-bond donors (Lipinski definition) is 2. The number of rotatable bonds is 6. The van der Waals surface area contributed by atoms with Gasteiger partial charge >= 0.3 is 0 Å². The van der Waals surface area contributed by atoms with Crippen LogP contribution in [0.5, 0.6) is 0 Å². The molecule has 3 heterocycles. The molecule has 33 heavy (non-hydrogen) atoms. The van der Waals surface area contributed by atoms with Gasteiger partial charge in [0.15, 0.2) is 0 Å². The zero-order valence-corrected chi connectivity index (χ0v) is 17.4. The smallest absolute Gasteiger partial charge is 0.274 e. The molecule has 0 spiro atoms. The number of hydrogen-bond acceptors (Lipinski definition) is 6. The van der Waals surface area contributed by atoms with Crippen molar-refractivity contribution in [2.75, 3.05) is 5.32 Å². The highest BCUT2D eigenvalue weighted by Crippen LogP contribution is 2.48. The molecule has 9 nitrogen and oxygen atoms in total. The van der Waals surface area contributed by atoms with Gasteiger partial charge in [0.05, 0.1) is 12.7 Å². The Morgan fingerprint density at radius 3 is 2.88 bits per heavy atom. The second kappa shape index (κ2) is 7.76. The summed E-state index contributed by atoms with van der Waals surface area (Å²) in [4.78, 5) is 33.0. The molecule has 4 aromatic rings. The van der Waals surface area contributed by atoms with Gasteiger partial charge in [-0.2, -0.15) is 4.98 Å². The number of carbonyl (C=O) groups is 2. The van der Waals surface area contributed by atoms with Gasteiger partial charge in [0.2, 0.25) is 17.6 Å². The van der Waals surface area contributed by atoms with E-state index < -0.39 is 24.2 Å². The van der Waals surface area contributed by atoms with E-state index in [-0.39, 0.29) is 24.2 Å². The topological polar surface area (TPSA) is 114 Å². The van der Waals surface area contributed by atoms with Crippen LogP contribution in [0.3, 0.4) is 0 Å². The SMILES string of the molecule is Cc1ccc(-c2noc(CNC(=O)C3CC3(F)F)n2)cc1NC(=O)c1cnc2ccccn12. The molecule has 0 bridgehead atoms. The van der Waals surface area contributed by atoms with Crippen LogP contribution in [-0.4, -0.2) is 37.3 Å². The molecule has 0 saturated heterocycles. The molecule has 11 heteroatoms. The molecule has 0 aliphatic heterocycles. The molecule has 2 amide bonds. The number of benzene rings is 1. The minimum atomic E-state index is -2.93. The second-order valence-electron chi connectivity index (χ2n) is 7.80. The molecule has 5 rings (SSSR count). The molecule has 1 fully saturated rings. The van der Waals surface area contributed by atoms with Gasteiger partial charge < -0.3 is 15.2 Å². The molecular formula is C22H18F2N6O3. The van der Waals surface area contributed by atoms with Crippen LogP contribution in [0.2, 0.25) is 0 Å². The molecule has 1 unspecified atom stereocenters. The van der Waals surface area contributed by atoms with E-state index in [1.54, 1.807) is 34.9 Å². The molecule has 3 aromatic heterocycles. The second-order valence-corrected chi connectivity index (χ2v) is 7.80. The van der Waals surface area contributed by atoms with Crippen LogP contribution in [0.1, 0.15) is 28.4 Å².